The molecule has 1 heterocycles. The molecule has 5 heteroatoms. The van der Waals surface area contributed by atoms with Gasteiger partial charge in [0, 0.05) is 6.54 Å². The molecule has 1 aliphatic rings. The molecule has 0 amide bonds. The van der Waals surface area contributed by atoms with Gasteiger partial charge in [0.1, 0.15) is 0 Å². The minimum Gasteiger partial charge on any atom is -0.316 e. The smallest absolute Gasteiger partial charge is 0.240 e. The molecule has 1 aliphatic heterocycles. The molecule has 1 saturated heterocycles. The lowest BCUT2D eigenvalue weighted by molar-refractivity contribution is 0.358. The molecule has 128 valence electrons. The molecule has 24 heavy (non-hydrogen) atoms. The van der Waals surface area contributed by atoms with Gasteiger partial charge >= 0.3 is 0 Å². The molecule has 0 radical (unpaired) electrons. The second-order valence-electron chi connectivity index (χ2n) is 6.29. The Balaban J connectivity index is 1.60. The van der Waals surface area contributed by atoms with E-state index < -0.39 is 10.0 Å². The molecule has 0 aromatic heterocycles. The summed E-state index contributed by atoms with van der Waals surface area (Å²) in [5, 5.41) is 3.36. The molecule has 2 aromatic carbocycles. The molecule has 1 unspecified atom stereocenters. The van der Waals surface area contributed by atoms with Crippen LogP contribution in [0.2, 0.25) is 0 Å². The molecule has 0 spiro atoms. The minimum atomic E-state index is -3.43. The summed E-state index contributed by atoms with van der Waals surface area (Å²) in [6, 6.07) is 17.0. The van der Waals surface area contributed by atoms with E-state index in [9.17, 15) is 8.42 Å². The Hall–Kier alpha value is -1.69. The van der Waals surface area contributed by atoms with Crippen molar-refractivity contribution >= 4 is 10.0 Å². The van der Waals surface area contributed by atoms with Crippen molar-refractivity contribution in [1.82, 2.24) is 10.0 Å². The summed E-state index contributed by atoms with van der Waals surface area (Å²) in [5.74, 6) is 0.571. The summed E-state index contributed by atoms with van der Waals surface area (Å²) >= 11 is 0. The maximum atomic E-state index is 12.4. The molecule has 3 rings (SSSR count). The fraction of sp³-hybridized carbons (Fsp3) is 0.368. The van der Waals surface area contributed by atoms with Crippen molar-refractivity contribution in [2.24, 2.45) is 5.92 Å². The first-order valence-corrected chi connectivity index (χ1v) is 9.99. The van der Waals surface area contributed by atoms with Crippen molar-refractivity contribution in [1.29, 1.82) is 0 Å². The third-order valence-corrected chi connectivity index (χ3v) is 5.99. The van der Waals surface area contributed by atoms with Crippen LogP contribution in [0.5, 0.6) is 0 Å². The summed E-state index contributed by atoms with van der Waals surface area (Å²) < 4.78 is 27.5. The molecular weight excluding hydrogens is 320 g/mol. The molecule has 1 atom stereocenters. The van der Waals surface area contributed by atoms with Crippen LogP contribution in [-0.2, 0) is 10.0 Å². The van der Waals surface area contributed by atoms with Gasteiger partial charge < -0.3 is 5.32 Å². The summed E-state index contributed by atoms with van der Waals surface area (Å²) in [5.41, 5.74) is 2.10. The van der Waals surface area contributed by atoms with Crippen LogP contribution in [0.15, 0.2) is 59.5 Å². The maximum Gasteiger partial charge on any atom is 0.240 e. The number of piperidine rings is 1. The first kappa shape index (κ1) is 17.1. The molecule has 0 saturated carbocycles. The van der Waals surface area contributed by atoms with E-state index in [1.54, 1.807) is 12.1 Å². The second kappa shape index (κ2) is 7.92. The van der Waals surface area contributed by atoms with Crippen LogP contribution < -0.4 is 10.0 Å². The second-order valence-corrected chi connectivity index (χ2v) is 8.06. The number of benzene rings is 2. The van der Waals surface area contributed by atoms with Crippen LogP contribution in [0.3, 0.4) is 0 Å². The van der Waals surface area contributed by atoms with Crippen molar-refractivity contribution in [2.75, 3.05) is 19.6 Å². The van der Waals surface area contributed by atoms with E-state index in [1.807, 2.05) is 42.5 Å². The van der Waals surface area contributed by atoms with Gasteiger partial charge in [0.05, 0.1) is 4.90 Å². The van der Waals surface area contributed by atoms with Crippen molar-refractivity contribution in [2.45, 2.75) is 24.2 Å². The topological polar surface area (TPSA) is 58.2 Å². The molecule has 0 aliphatic carbocycles. The largest absolute Gasteiger partial charge is 0.316 e. The lowest BCUT2D eigenvalue weighted by Gasteiger charge is -2.22. The van der Waals surface area contributed by atoms with Gasteiger partial charge in [0.15, 0.2) is 0 Å². The highest BCUT2D eigenvalue weighted by molar-refractivity contribution is 7.89. The SMILES string of the molecule is O=S(=O)(NCCC1CCCNC1)c1ccc(-c2ccccc2)cc1. The van der Waals surface area contributed by atoms with Crippen LogP contribution in [0.25, 0.3) is 11.1 Å². The van der Waals surface area contributed by atoms with Crippen molar-refractivity contribution in [3.8, 4) is 11.1 Å². The van der Waals surface area contributed by atoms with E-state index in [2.05, 4.69) is 10.0 Å². The summed E-state index contributed by atoms with van der Waals surface area (Å²) in [4.78, 5) is 0.323. The molecule has 2 N–H and O–H groups in total. The molecule has 4 nitrogen and oxygen atoms in total. The lowest BCUT2D eigenvalue weighted by atomic mass is 9.96. The Morgan fingerprint density at radius 1 is 1.00 bits per heavy atom. The fourth-order valence-corrected chi connectivity index (χ4v) is 4.16. The highest BCUT2D eigenvalue weighted by Gasteiger charge is 2.16. The first-order chi connectivity index (χ1) is 11.6. The van der Waals surface area contributed by atoms with Gasteiger partial charge in [-0.1, -0.05) is 42.5 Å². The number of hydrogen-bond acceptors (Lipinski definition) is 3. The average Bonchev–Trinajstić information content (AvgIpc) is 2.63. The quantitative estimate of drug-likeness (QED) is 0.847. The van der Waals surface area contributed by atoms with E-state index >= 15 is 0 Å². The molecule has 1 fully saturated rings. The van der Waals surface area contributed by atoms with Gasteiger partial charge in [0.25, 0.3) is 0 Å². The Labute approximate surface area is 144 Å². The Morgan fingerprint density at radius 3 is 2.38 bits per heavy atom. The van der Waals surface area contributed by atoms with Gasteiger partial charge in [-0.2, -0.15) is 0 Å². The maximum absolute atomic E-state index is 12.4. The zero-order chi connectivity index (χ0) is 16.8. The van der Waals surface area contributed by atoms with Crippen LogP contribution in [0.1, 0.15) is 19.3 Å². The Bertz CT molecular complexity index is 737. The molecule has 2 aromatic rings. The van der Waals surface area contributed by atoms with E-state index in [4.69, 9.17) is 0 Å². The van der Waals surface area contributed by atoms with Gasteiger partial charge in [-0.3, -0.25) is 0 Å². The Morgan fingerprint density at radius 2 is 1.71 bits per heavy atom. The predicted octanol–water partition coefficient (Wildman–Crippen LogP) is 3.02. The van der Waals surface area contributed by atoms with Crippen molar-refractivity contribution in [3.63, 3.8) is 0 Å². The third-order valence-electron chi connectivity index (χ3n) is 4.52. The van der Waals surface area contributed by atoms with E-state index in [0.717, 1.165) is 30.6 Å². The van der Waals surface area contributed by atoms with Gasteiger partial charge in [0.2, 0.25) is 10.0 Å². The number of hydrogen-bond donors (Lipinski definition) is 2. The van der Waals surface area contributed by atoms with E-state index in [1.165, 1.54) is 12.8 Å². The van der Waals surface area contributed by atoms with Crippen molar-refractivity contribution in [3.05, 3.63) is 54.6 Å². The molecular formula is C19H24N2O2S. The summed E-state index contributed by atoms with van der Waals surface area (Å²) in [6.07, 6.45) is 3.24. The first-order valence-electron chi connectivity index (χ1n) is 8.51. The van der Waals surface area contributed by atoms with Gasteiger partial charge in [-0.25, -0.2) is 13.1 Å². The lowest BCUT2D eigenvalue weighted by Crippen LogP contribution is -2.33. The minimum absolute atomic E-state index is 0.323. The zero-order valence-electron chi connectivity index (χ0n) is 13.7. The Kier molecular flexibility index (Phi) is 5.66. The fourth-order valence-electron chi connectivity index (χ4n) is 3.11. The van der Waals surface area contributed by atoms with Crippen LogP contribution >= 0.6 is 0 Å². The highest BCUT2D eigenvalue weighted by Crippen LogP contribution is 2.21. The van der Waals surface area contributed by atoms with Crippen LogP contribution in [0, 0.1) is 5.92 Å². The summed E-state index contributed by atoms with van der Waals surface area (Å²) in [7, 11) is -3.43. The monoisotopic (exact) mass is 344 g/mol. The number of sulfonamides is 1. The standard InChI is InChI=1S/C19H24N2O2S/c22-24(23,21-14-12-16-5-4-13-20-15-16)19-10-8-18(9-11-19)17-6-2-1-3-7-17/h1-3,6-11,16,20-21H,4-5,12-15H2. The average molecular weight is 344 g/mol. The van der Waals surface area contributed by atoms with E-state index in [-0.39, 0.29) is 0 Å². The van der Waals surface area contributed by atoms with Gasteiger partial charge in [-0.15, -0.1) is 0 Å². The number of nitrogens with one attached hydrogen (secondary N) is 2. The zero-order valence-corrected chi connectivity index (χ0v) is 14.6. The third kappa shape index (κ3) is 4.44. The van der Waals surface area contributed by atoms with Crippen molar-refractivity contribution < 1.29 is 8.42 Å². The molecule has 0 bridgehead atoms. The van der Waals surface area contributed by atoms with E-state index in [0.29, 0.717) is 17.4 Å². The predicted molar refractivity (Wildman–Crippen MR) is 97.3 cm³/mol. The normalized spacial score (nSPS) is 18.4. The van der Waals surface area contributed by atoms with Gasteiger partial charge in [-0.05, 0) is 61.5 Å². The highest BCUT2D eigenvalue weighted by atomic mass is 32.2. The van der Waals surface area contributed by atoms with Crippen LogP contribution in [-0.4, -0.2) is 28.1 Å². The number of rotatable bonds is 6. The summed E-state index contributed by atoms with van der Waals surface area (Å²) in [6.45, 7) is 2.57. The van der Waals surface area contributed by atoms with Crippen LogP contribution in [0.4, 0.5) is 0 Å².